The molecule has 1 N–H and O–H groups in total. The second-order valence-electron chi connectivity index (χ2n) is 6.43. The maximum absolute atomic E-state index is 12.7. The lowest BCUT2D eigenvalue weighted by molar-refractivity contribution is -0.157. The first-order valence-electron chi connectivity index (χ1n) is 8.68. The largest absolute Gasteiger partial charge is 0.480 e. The highest BCUT2D eigenvalue weighted by Crippen LogP contribution is 2.35. The van der Waals surface area contributed by atoms with Crippen LogP contribution in [0.5, 0.6) is 0 Å². The highest BCUT2D eigenvalue weighted by Gasteiger charge is 2.49. The van der Waals surface area contributed by atoms with E-state index in [-0.39, 0.29) is 12.2 Å². The quantitative estimate of drug-likeness (QED) is 0.394. The highest BCUT2D eigenvalue weighted by molar-refractivity contribution is 6.09. The Morgan fingerprint density at radius 2 is 1.67 bits per heavy atom. The molecule has 0 aliphatic rings. The van der Waals surface area contributed by atoms with Crippen LogP contribution >= 0.6 is 0 Å². The van der Waals surface area contributed by atoms with Gasteiger partial charge in [0.2, 0.25) is 0 Å². The molecule has 132 valence electrons. The van der Waals surface area contributed by atoms with Crippen LogP contribution in [0.25, 0.3) is 0 Å². The fourth-order valence-electron chi connectivity index (χ4n) is 3.24. The summed E-state index contributed by atoms with van der Waals surface area (Å²) in [6.07, 6.45) is 4.52. The number of Topliss-reactive ketones (excluding diaryl/α,β-unsaturated/α-hetero) is 2. The molecule has 2 unspecified atom stereocenters. The van der Waals surface area contributed by atoms with Crippen molar-refractivity contribution in [3.63, 3.8) is 0 Å². The molecule has 0 fully saturated rings. The molecular formula is C20H28O4. The number of aliphatic carboxylic acids is 1. The Labute approximate surface area is 144 Å². The molecule has 0 saturated heterocycles. The zero-order valence-electron chi connectivity index (χ0n) is 15.1. The molecule has 0 heterocycles. The van der Waals surface area contributed by atoms with Crippen LogP contribution in [0, 0.1) is 11.3 Å². The van der Waals surface area contributed by atoms with Crippen molar-refractivity contribution in [1.29, 1.82) is 0 Å². The zero-order valence-corrected chi connectivity index (χ0v) is 15.1. The van der Waals surface area contributed by atoms with E-state index in [0.29, 0.717) is 5.56 Å². The zero-order chi connectivity index (χ0) is 18.3. The van der Waals surface area contributed by atoms with E-state index in [1.54, 1.807) is 19.1 Å². The Kier molecular flexibility index (Phi) is 7.33. The third-order valence-electron chi connectivity index (χ3n) is 5.01. The number of ketones is 2. The molecule has 0 aromatic heterocycles. The Morgan fingerprint density at radius 3 is 2.08 bits per heavy atom. The summed E-state index contributed by atoms with van der Waals surface area (Å²) in [6, 6.07) is 7.31. The van der Waals surface area contributed by atoms with Crippen LogP contribution in [0.1, 0.15) is 69.3 Å². The lowest BCUT2D eigenvalue weighted by Gasteiger charge is -2.30. The molecule has 0 radical (unpaired) electrons. The molecule has 2 atom stereocenters. The number of carboxylic acids is 1. The third kappa shape index (κ3) is 4.11. The summed E-state index contributed by atoms with van der Waals surface area (Å²) in [6.45, 7) is 6.57. The van der Waals surface area contributed by atoms with Gasteiger partial charge in [0.15, 0.2) is 5.78 Å². The van der Waals surface area contributed by atoms with Crippen LogP contribution < -0.4 is 0 Å². The van der Waals surface area contributed by atoms with Gasteiger partial charge in [-0.1, -0.05) is 57.9 Å². The van der Waals surface area contributed by atoms with E-state index < -0.39 is 23.1 Å². The van der Waals surface area contributed by atoms with Crippen molar-refractivity contribution in [2.75, 3.05) is 0 Å². The number of hydrogen-bond acceptors (Lipinski definition) is 3. The highest BCUT2D eigenvalue weighted by atomic mass is 16.4. The maximum atomic E-state index is 12.7. The first kappa shape index (κ1) is 20.1. The molecule has 0 aliphatic carbocycles. The van der Waals surface area contributed by atoms with Gasteiger partial charge in [-0.25, -0.2) is 0 Å². The van der Waals surface area contributed by atoms with E-state index in [4.69, 9.17) is 0 Å². The minimum atomic E-state index is -1.66. The third-order valence-corrected chi connectivity index (χ3v) is 5.01. The monoisotopic (exact) mass is 332 g/mol. The average molecular weight is 332 g/mol. The molecule has 1 aromatic rings. The summed E-state index contributed by atoms with van der Waals surface area (Å²) >= 11 is 0. The maximum Gasteiger partial charge on any atom is 0.317 e. The van der Waals surface area contributed by atoms with Crippen LogP contribution in [0.2, 0.25) is 0 Å². The van der Waals surface area contributed by atoms with Crippen LogP contribution in [0.4, 0.5) is 0 Å². The summed E-state index contributed by atoms with van der Waals surface area (Å²) in [5.41, 5.74) is -0.0297. The van der Waals surface area contributed by atoms with E-state index >= 15 is 0 Å². The van der Waals surface area contributed by atoms with Gasteiger partial charge in [-0.05, 0) is 31.7 Å². The fraction of sp³-hybridized carbons (Fsp3) is 0.550. The van der Waals surface area contributed by atoms with Crippen molar-refractivity contribution in [2.45, 2.75) is 59.8 Å². The van der Waals surface area contributed by atoms with E-state index in [2.05, 4.69) is 6.92 Å². The first-order valence-corrected chi connectivity index (χ1v) is 8.68. The normalized spacial score (nSPS) is 14.7. The lowest BCUT2D eigenvalue weighted by Crippen LogP contribution is -2.46. The summed E-state index contributed by atoms with van der Waals surface area (Å²) in [7, 11) is 0. The van der Waals surface area contributed by atoms with Crippen molar-refractivity contribution in [3.8, 4) is 0 Å². The van der Waals surface area contributed by atoms with Crippen LogP contribution in [-0.2, 0) is 16.0 Å². The number of benzene rings is 1. The number of hydrogen-bond donors (Lipinski definition) is 1. The molecule has 4 heteroatoms. The Balaban J connectivity index is 2.99. The molecule has 24 heavy (non-hydrogen) atoms. The molecular weight excluding hydrogens is 304 g/mol. The predicted molar refractivity (Wildman–Crippen MR) is 94.2 cm³/mol. The molecule has 4 nitrogen and oxygen atoms in total. The van der Waals surface area contributed by atoms with Crippen molar-refractivity contribution in [3.05, 3.63) is 35.4 Å². The van der Waals surface area contributed by atoms with Crippen molar-refractivity contribution >= 4 is 17.5 Å². The molecule has 0 bridgehead atoms. The fourth-order valence-corrected chi connectivity index (χ4v) is 3.24. The summed E-state index contributed by atoms with van der Waals surface area (Å²) < 4.78 is 0. The number of unbranched alkanes of at least 4 members (excludes halogenated alkanes) is 2. The standard InChI is InChI=1S/C20H28O4/c1-5-7-8-9-16-10-12-17(13-11-16)18(22)14(3)20(6-2,15(4)21)19(23)24/h10-14H,5-9H2,1-4H3,(H,23,24). The predicted octanol–water partition coefficient (Wildman–Crippen LogP) is 4.31. The summed E-state index contributed by atoms with van der Waals surface area (Å²) in [5, 5.41) is 9.55. The lowest BCUT2D eigenvalue weighted by atomic mass is 9.68. The van der Waals surface area contributed by atoms with Crippen molar-refractivity contribution < 1.29 is 19.5 Å². The Hall–Kier alpha value is -1.97. The van der Waals surface area contributed by atoms with E-state index in [9.17, 15) is 19.5 Å². The first-order chi connectivity index (χ1) is 11.3. The SMILES string of the molecule is CCCCCc1ccc(C(=O)C(C)C(CC)(C(C)=O)C(=O)O)cc1. The number of carboxylic acid groups (broad SMARTS) is 1. The van der Waals surface area contributed by atoms with Gasteiger partial charge in [0.25, 0.3) is 0 Å². The topological polar surface area (TPSA) is 71.4 Å². The summed E-state index contributed by atoms with van der Waals surface area (Å²) in [5.74, 6) is -2.90. The number of aryl methyl sites for hydroxylation is 1. The molecule has 0 amide bonds. The van der Waals surface area contributed by atoms with Gasteiger partial charge in [-0.2, -0.15) is 0 Å². The molecule has 1 rings (SSSR count). The molecule has 0 saturated carbocycles. The van der Waals surface area contributed by atoms with Crippen LogP contribution in [0.15, 0.2) is 24.3 Å². The van der Waals surface area contributed by atoms with E-state index in [0.717, 1.165) is 19.3 Å². The van der Waals surface area contributed by atoms with Gasteiger partial charge in [0.05, 0.1) is 0 Å². The number of rotatable bonds is 10. The van der Waals surface area contributed by atoms with Gasteiger partial charge < -0.3 is 5.11 Å². The van der Waals surface area contributed by atoms with Crippen molar-refractivity contribution in [1.82, 2.24) is 0 Å². The van der Waals surface area contributed by atoms with Crippen LogP contribution in [-0.4, -0.2) is 22.6 Å². The molecule has 0 aliphatic heterocycles. The Morgan fingerprint density at radius 1 is 1.08 bits per heavy atom. The van der Waals surface area contributed by atoms with Gasteiger partial charge in [-0.15, -0.1) is 0 Å². The smallest absolute Gasteiger partial charge is 0.317 e. The minimum Gasteiger partial charge on any atom is -0.480 e. The Bertz CT molecular complexity index is 572. The number of carbonyl (C=O) groups excluding carboxylic acids is 2. The van der Waals surface area contributed by atoms with Crippen molar-refractivity contribution in [2.24, 2.45) is 11.3 Å². The van der Waals surface area contributed by atoms with Gasteiger partial charge in [0.1, 0.15) is 11.2 Å². The van der Waals surface area contributed by atoms with Gasteiger partial charge in [0, 0.05) is 11.5 Å². The van der Waals surface area contributed by atoms with Gasteiger partial charge >= 0.3 is 5.97 Å². The molecule has 0 spiro atoms. The number of carbonyl (C=O) groups is 3. The van der Waals surface area contributed by atoms with E-state index in [1.165, 1.54) is 25.8 Å². The van der Waals surface area contributed by atoms with Crippen LogP contribution in [0.3, 0.4) is 0 Å². The second-order valence-corrected chi connectivity index (χ2v) is 6.43. The van der Waals surface area contributed by atoms with Gasteiger partial charge in [-0.3, -0.25) is 14.4 Å². The second kappa shape index (κ2) is 8.76. The minimum absolute atomic E-state index is 0.0969. The molecule has 1 aromatic carbocycles. The van der Waals surface area contributed by atoms with E-state index in [1.807, 2.05) is 12.1 Å². The summed E-state index contributed by atoms with van der Waals surface area (Å²) in [4.78, 5) is 36.4. The average Bonchev–Trinajstić information content (AvgIpc) is 2.55.